The van der Waals surface area contributed by atoms with Gasteiger partial charge in [-0.3, -0.25) is 9.89 Å². The Bertz CT molecular complexity index is 744. The molecule has 1 atom stereocenters. The molecule has 2 heterocycles. The summed E-state index contributed by atoms with van der Waals surface area (Å²) in [5.74, 6) is -0.943. The third-order valence-electron chi connectivity index (χ3n) is 3.62. The van der Waals surface area contributed by atoms with Crippen molar-refractivity contribution < 1.29 is 23.1 Å². The molecule has 22 heavy (non-hydrogen) atoms. The van der Waals surface area contributed by atoms with Crippen molar-refractivity contribution in [2.45, 2.75) is 25.2 Å². The first-order chi connectivity index (χ1) is 10.3. The highest BCUT2D eigenvalue weighted by atomic mass is 35.5. The molecule has 1 aliphatic heterocycles. The van der Waals surface area contributed by atoms with Crippen molar-refractivity contribution in [3.8, 4) is 0 Å². The first kappa shape index (κ1) is 15.1. The van der Waals surface area contributed by atoms with E-state index in [-0.39, 0.29) is 13.0 Å². The van der Waals surface area contributed by atoms with Crippen molar-refractivity contribution in [3.05, 3.63) is 28.4 Å². The van der Waals surface area contributed by atoms with Crippen LogP contribution in [-0.4, -0.2) is 44.9 Å². The number of hydrogen-bond donors (Lipinski definition) is 2. The number of halogens is 4. The molecule has 0 saturated heterocycles. The summed E-state index contributed by atoms with van der Waals surface area (Å²) in [5.41, 5.74) is 1.56. The molecule has 1 aliphatic rings. The van der Waals surface area contributed by atoms with Crippen LogP contribution in [0.1, 0.15) is 11.1 Å². The van der Waals surface area contributed by atoms with Gasteiger partial charge in [0.25, 0.3) is 5.91 Å². The van der Waals surface area contributed by atoms with E-state index in [1.54, 1.807) is 6.07 Å². The summed E-state index contributed by atoms with van der Waals surface area (Å²) in [6, 6.07) is 1.55. The van der Waals surface area contributed by atoms with Crippen LogP contribution in [0.25, 0.3) is 10.9 Å². The maximum absolute atomic E-state index is 12.7. The molecule has 118 valence electrons. The second-order valence-electron chi connectivity index (χ2n) is 5.18. The number of nitrogens with one attached hydrogen (secondary N) is 1. The molecule has 1 aromatic carbocycles. The van der Waals surface area contributed by atoms with Gasteiger partial charge in [-0.05, 0) is 17.2 Å². The van der Waals surface area contributed by atoms with Crippen LogP contribution in [0.2, 0.25) is 5.02 Å². The minimum atomic E-state index is -4.54. The molecule has 9 heteroatoms. The third kappa shape index (κ3) is 2.64. The van der Waals surface area contributed by atoms with Gasteiger partial charge < -0.3 is 10.0 Å². The van der Waals surface area contributed by atoms with E-state index in [0.29, 0.717) is 32.0 Å². The van der Waals surface area contributed by atoms with Gasteiger partial charge in [-0.25, -0.2) is 0 Å². The number of fused-ring (bicyclic) bond motifs is 3. The smallest absolute Gasteiger partial charge is 0.383 e. The lowest BCUT2D eigenvalue weighted by Gasteiger charge is -2.23. The summed E-state index contributed by atoms with van der Waals surface area (Å²) in [7, 11) is 0. The highest BCUT2D eigenvalue weighted by Crippen LogP contribution is 2.32. The van der Waals surface area contributed by atoms with Crippen LogP contribution in [-0.2, 0) is 17.8 Å². The zero-order valence-corrected chi connectivity index (χ0v) is 11.9. The van der Waals surface area contributed by atoms with Gasteiger partial charge in [0.05, 0.1) is 16.7 Å². The van der Waals surface area contributed by atoms with Crippen molar-refractivity contribution in [2.24, 2.45) is 0 Å². The molecule has 0 aliphatic carbocycles. The topological polar surface area (TPSA) is 69.2 Å². The number of nitrogens with zero attached hydrogens (tertiary/aromatic N) is 2. The van der Waals surface area contributed by atoms with Gasteiger partial charge in [-0.2, -0.15) is 18.3 Å². The molecule has 0 bridgehead atoms. The number of benzene rings is 1. The molecule has 5 nitrogen and oxygen atoms in total. The summed E-state index contributed by atoms with van der Waals surface area (Å²) < 4.78 is 38.0. The normalized spacial score (nSPS) is 19.4. The minimum absolute atomic E-state index is 0.0800. The molecule has 0 spiro atoms. The van der Waals surface area contributed by atoms with Gasteiger partial charge in [0, 0.05) is 18.4 Å². The number of H-pyrrole nitrogens is 1. The Morgan fingerprint density at radius 2 is 2.23 bits per heavy atom. The zero-order valence-electron chi connectivity index (χ0n) is 11.1. The van der Waals surface area contributed by atoms with E-state index in [9.17, 15) is 23.1 Å². The predicted octanol–water partition coefficient (Wildman–Crippen LogP) is 2.02. The lowest BCUT2D eigenvalue weighted by atomic mass is 10.00. The Morgan fingerprint density at radius 3 is 2.91 bits per heavy atom. The molecule has 2 aromatic rings. The fourth-order valence-electron chi connectivity index (χ4n) is 2.68. The lowest BCUT2D eigenvalue weighted by molar-refractivity contribution is -0.167. The average Bonchev–Trinajstić information content (AvgIpc) is 2.85. The molecular formula is C13H11ClF3N3O2. The first-order valence-corrected chi connectivity index (χ1v) is 6.81. The number of alkyl halides is 3. The summed E-state index contributed by atoms with van der Waals surface area (Å²) in [4.78, 5) is 12.6. The molecule has 3 rings (SSSR count). The fourth-order valence-corrected chi connectivity index (χ4v) is 2.95. The number of amides is 1. The third-order valence-corrected chi connectivity index (χ3v) is 3.92. The van der Waals surface area contributed by atoms with Crippen molar-refractivity contribution in [2.75, 3.05) is 6.54 Å². The number of carbonyl (C=O) groups is 1. The first-order valence-electron chi connectivity index (χ1n) is 6.43. The van der Waals surface area contributed by atoms with Crippen molar-refractivity contribution in [1.82, 2.24) is 15.1 Å². The van der Waals surface area contributed by atoms with E-state index in [1.165, 1.54) is 6.20 Å². The Hall–Kier alpha value is -1.80. The average molecular weight is 334 g/mol. The summed E-state index contributed by atoms with van der Waals surface area (Å²) in [5, 5.41) is 17.3. The quantitative estimate of drug-likeness (QED) is 0.839. The zero-order chi connectivity index (χ0) is 16.1. The Balaban J connectivity index is 2.11. The van der Waals surface area contributed by atoms with Gasteiger partial charge in [0.1, 0.15) is 12.6 Å². The number of carbonyl (C=O) groups excluding carboxylic acids is 1. The summed E-state index contributed by atoms with van der Waals surface area (Å²) in [6.45, 7) is -1.66. The van der Waals surface area contributed by atoms with E-state index < -0.39 is 24.7 Å². The van der Waals surface area contributed by atoms with E-state index in [1.807, 2.05) is 0 Å². The molecule has 0 radical (unpaired) electrons. The van der Waals surface area contributed by atoms with E-state index in [2.05, 4.69) is 10.2 Å². The highest BCUT2D eigenvalue weighted by Gasteiger charge is 2.37. The summed E-state index contributed by atoms with van der Waals surface area (Å²) in [6.07, 6.45) is -4.69. The number of aromatic amines is 1. The second kappa shape index (κ2) is 5.13. The van der Waals surface area contributed by atoms with Crippen LogP contribution in [0.5, 0.6) is 0 Å². The number of hydrogen-bond acceptors (Lipinski definition) is 3. The van der Waals surface area contributed by atoms with E-state index in [0.717, 1.165) is 0 Å². The molecule has 1 unspecified atom stereocenters. The van der Waals surface area contributed by atoms with Gasteiger partial charge in [0.2, 0.25) is 0 Å². The number of rotatable bonds is 1. The van der Waals surface area contributed by atoms with Crippen LogP contribution in [0.15, 0.2) is 12.3 Å². The molecule has 0 saturated carbocycles. The molecular weight excluding hydrogens is 323 g/mol. The number of aliphatic hydroxyl groups excluding tert-OH is 1. The Labute approximate surface area is 127 Å². The fraction of sp³-hybridized carbons (Fsp3) is 0.385. The van der Waals surface area contributed by atoms with Crippen LogP contribution in [0.4, 0.5) is 13.2 Å². The lowest BCUT2D eigenvalue weighted by Crippen LogP contribution is -2.42. The number of aliphatic hydroxyl groups is 1. The molecule has 1 aromatic heterocycles. The predicted molar refractivity (Wildman–Crippen MR) is 72.3 cm³/mol. The maximum Gasteiger partial charge on any atom is 0.406 e. The molecule has 2 N–H and O–H groups in total. The number of aromatic nitrogens is 2. The van der Waals surface area contributed by atoms with Crippen molar-refractivity contribution >= 4 is 28.4 Å². The molecule has 1 amide bonds. The largest absolute Gasteiger partial charge is 0.406 e. The van der Waals surface area contributed by atoms with E-state index in [4.69, 9.17) is 11.6 Å². The summed E-state index contributed by atoms with van der Waals surface area (Å²) >= 11 is 6.08. The van der Waals surface area contributed by atoms with Crippen LogP contribution in [0, 0.1) is 0 Å². The minimum Gasteiger partial charge on any atom is -0.383 e. The Morgan fingerprint density at radius 1 is 1.50 bits per heavy atom. The van der Waals surface area contributed by atoms with Gasteiger partial charge in [-0.1, -0.05) is 11.6 Å². The van der Waals surface area contributed by atoms with Gasteiger partial charge in [0.15, 0.2) is 0 Å². The monoisotopic (exact) mass is 333 g/mol. The Kier molecular flexibility index (Phi) is 3.53. The second-order valence-corrected chi connectivity index (χ2v) is 5.59. The van der Waals surface area contributed by atoms with Crippen molar-refractivity contribution in [3.63, 3.8) is 0 Å². The van der Waals surface area contributed by atoms with Crippen LogP contribution in [0.3, 0.4) is 0 Å². The van der Waals surface area contributed by atoms with Crippen molar-refractivity contribution in [1.29, 1.82) is 0 Å². The van der Waals surface area contributed by atoms with Gasteiger partial charge in [-0.15, -0.1) is 0 Å². The van der Waals surface area contributed by atoms with E-state index >= 15 is 0 Å². The molecule has 0 fully saturated rings. The van der Waals surface area contributed by atoms with Gasteiger partial charge >= 0.3 is 6.18 Å². The van der Waals surface area contributed by atoms with Crippen LogP contribution >= 0.6 is 11.6 Å². The maximum atomic E-state index is 12.7. The standard InChI is InChI=1S/C13H11ClF3N3O2/c14-9-1-6-2-10(21)12(22)20(5-13(15,16)17)4-8(6)7-3-18-19-11(7)9/h1,3,10,21H,2,4-5H2,(H,18,19). The SMILES string of the molecule is O=C1C(O)Cc2cc(Cl)c3[nH]ncc3c2CN1CC(F)(F)F. The van der Waals surface area contributed by atoms with Crippen LogP contribution < -0.4 is 0 Å². The highest BCUT2D eigenvalue weighted by molar-refractivity contribution is 6.35.